The zero-order chi connectivity index (χ0) is 8.97. The van der Waals surface area contributed by atoms with Crippen molar-refractivity contribution in [3.63, 3.8) is 0 Å². The molecule has 0 bridgehead atoms. The lowest BCUT2D eigenvalue weighted by Gasteiger charge is -2.18. The Kier molecular flexibility index (Phi) is 3.72. The first-order chi connectivity index (χ1) is 5.74. The van der Waals surface area contributed by atoms with Gasteiger partial charge in [-0.3, -0.25) is 0 Å². The van der Waals surface area contributed by atoms with Crippen LogP contribution in [0, 0.1) is 0 Å². The molecule has 1 aromatic heterocycles. The van der Waals surface area contributed by atoms with Gasteiger partial charge in [0.05, 0.1) is 0 Å². The van der Waals surface area contributed by atoms with Gasteiger partial charge in [-0.2, -0.15) is 11.3 Å². The minimum Gasteiger partial charge on any atom is -0.329 e. The molecule has 1 aromatic rings. The summed E-state index contributed by atoms with van der Waals surface area (Å²) in [6.45, 7) is 4.93. The lowest BCUT2D eigenvalue weighted by Crippen LogP contribution is -2.32. The van der Waals surface area contributed by atoms with Crippen molar-refractivity contribution < 1.29 is 0 Å². The van der Waals surface area contributed by atoms with Crippen molar-refractivity contribution in [3.05, 3.63) is 22.4 Å². The van der Waals surface area contributed by atoms with Crippen molar-refractivity contribution in [3.8, 4) is 0 Å². The van der Waals surface area contributed by atoms with E-state index in [1.54, 1.807) is 11.3 Å². The van der Waals surface area contributed by atoms with Gasteiger partial charge in [0.25, 0.3) is 0 Å². The van der Waals surface area contributed by atoms with Gasteiger partial charge >= 0.3 is 0 Å². The summed E-state index contributed by atoms with van der Waals surface area (Å²) in [5, 5.41) is 7.64. The Bertz CT molecular complexity index is 206. The maximum absolute atomic E-state index is 5.65. The van der Waals surface area contributed by atoms with Crippen molar-refractivity contribution in [2.75, 3.05) is 6.54 Å². The highest BCUT2D eigenvalue weighted by Crippen LogP contribution is 2.15. The molecule has 0 radical (unpaired) electrons. The molecule has 1 heterocycles. The Morgan fingerprint density at radius 2 is 2.33 bits per heavy atom. The Balaban J connectivity index is 2.57. The Labute approximate surface area is 77.8 Å². The third-order valence-corrected chi connectivity index (χ3v) is 2.42. The third kappa shape index (κ3) is 2.59. The summed E-state index contributed by atoms with van der Waals surface area (Å²) in [5.74, 6) is 0. The zero-order valence-corrected chi connectivity index (χ0v) is 8.40. The van der Waals surface area contributed by atoms with Crippen LogP contribution in [0.2, 0.25) is 0 Å². The monoisotopic (exact) mass is 184 g/mol. The van der Waals surface area contributed by atoms with Gasteiger partial charge in [0.15, 0.2) is 0 Å². The first-order valence-corrected chi connectivity index (χ1v) is 5.16. The average molecular weight is 184 g/mol. The van der Waals surface area contributed by atoms with Gasteiger partial charge in [-0.05, 0) is 22.4 Å². The number of rotatable bonds is 4. The van der Waals surface area contributed by atoms with Crippen molar-refractivity contribution in [2.45, 2.75) is 25.9 Å². The van der Waals surface area contributed by atoms with Gasteiger partial charge in [0, 0.05) is 18.6 Å². The Morgan fingerprint density at radius 3 is 2.75 bits per heavy atom. The van der Waals surface area contributed by atoms with Gasteiger partial charge in [0.2, 0.25) is 0 Å². The van der Waals surface area contributed by atoms with E-state index < -0.39 is 0 Å². The molecule has 0 saturated carbocycles. The summed E-state index contributed by atoms with van der Waals surface area (Å²) < 4.78 is 0. The number of nitrogens with two attached hydrogens (primary N) is 1. The fourth-order valence-electron chi connectivity index (χ4n) is 1.18. The summed E-state index contributed by atoms with van der Waals surface area (Å²) in [5.41, 5.74) is 6.96. The second-order valence-electron chi connectivity index (χ2n) is 3.17. The molecule has 0 aliphatic rings. The standard InChI is InChI=1S/C9H16N2S/c1-7(2)11-9(5-10)8-3-4-12-6-8/h3-4,6-7,9,11H,5,10H2,1-2H3. The van der Waals surface area contributed by atoms with Crippen LogP contribution in [0.3, 0.4) is 0 Å². The van der Waals surface area contributed by atoms with Crippen LogP contribution in [0.5, 0.6) is 0 Å². The number of hydrogen-bond donors (Lipinski definition) is 2. The largest absolute Gasteiger partial charge is 0.329 e. The molecule has 1 atom stereocenters. The van der Waals surface area contributed by atoms with Crippen molar-refractivity contribution in [2.24, 2.45) is 5.73 Å². The molecule has 1 rings (SSSR count). The van der Waals surface area contributed by atoms with Crippen LogP contribution in [0.25, 0.3) is 0 Å². The zero-order valence-electron chi connectivity index (χ0n) is 7.58. The molecule has 0 aliphatic heterocycles. The van der Waals surface area contributed by atoms with E-state index >= 15 is 0 Å². The number of thiophene rings is 1. The minimum atomic E-state index is 0.316. The normalized spacial score (nSPS) is 13.7. The first kappa shape index (κ1) is 9.71. The van der Waals surface area contributed by atoms with Crippen LogP contribution in [0.1, 0.15) is 25.5 Å². The summed E-state index contributed by atoms with van der Waals surface area (Å²) in [6, 6.07) is 2.92. The second-order valence-corrected chi connectivity index (χ2v) is 3.95. The molecule has 3 N–H and O–H groups in total. The molecule has 0 saturated heterocycles. The van der Waals surface area contributed by atoms with E-state index in [4.69, 9.17) is 5.73 Å². The van der Waals surface area contributed by atoms with Crippen molar-refractivity contribution >= 4 is 11.3 Å². The van der Waals surface area contributed by atoms with E-state index in [-0.39, 0.29) is 0 Å². The van der Waals surface area contributed by atoms with E-state index in [1.807, 2.05) is 0 Å². The first-order valence-electron chi connectivity index (χ1n) is 4.22. The lowest BCUT2D eigenvalue weighted by atomic mass is 10.1. The van der Waals surface area contributed by atoms with E-state index in [0.29, 0.717) is 18.6 Å². The molecule has 0 spiro atoms. The van der Waals surface area contributed by atoms with Gasteiger partial charge in [-0.25, -0.2) is 0 Å². The maximum atomic E-state index is 5.65. The van der Waals surface area contributed by atoms with Gasteiger partial charge < -0.3 is 11.1 Å². The Morgan fingerprint density at radius 1 is 1.58 bits per heavy atom. The number of nitrogens with one attached hydrogen (secondary N) is 1. The fraction of sp³-hybridized carbons (Fsp3) is 0.556. The predicted molar refractivity (Wildman–Crippen MR) is 54.4 cm³/mol. The topological polar surface area (TPSA) is 38.0 Å². The molecule has 0 aromatic carbocycles. The van der Waals surface area contributed by atoms with Crippen LogP contribution in [-0.2, 0) is 0 Å². The Hall–Kier alpha value is -0.380. The molecule has 12 heavy (non-hydrogen) atoms. The highest BCUT2D eigenvalue weighted by molar-refractivity contribution is 7.07. The van der Waals surface area contributed by atoms with Crippen LogP contribution in [0.15, 0.2) is 16.8 Å². The number of hydrogen-bond acceptors (Lipinski definition) is 3. The molecular weight excluding hydrogens is 168 g/mol. The highest BCUT2D eigenvalue weighted by atomic mass is 32.1. The van der Waals surface area contributed by atoms with Gasteiger partial charge in [-0.15, -0.1) is 0 Å². The highest BCUT2D eigenvalue weighted by Gasteiger charge is 2.09. The summed E-state index contributed by atoms with van der Waals surface area (Å²) in [4.78, 5) is 0. The lowest BCUT2D eigenvalue weighted by molar-refractivity contribution is 0.485. The van der Waals surface area contributed by atoms with Crippen LogP contribution in [-0.4, -0.2) is 12.6 Å². The van der Waals surface area contributed by atoms with E-state index in [1.165, 1.54) is 5.56 Å². The maximum Gasteiger partial charge on any atom is 0.0454 e. The summed E-state index contributed by atoms with van der Waals surface area (Å²) >= 11 is 1.71. The third-order valence-electron chi connectivity index (χ3n) is 1.72. The minimum absolute atomic E-state index is 0.316. The quantitative estimate of drug-likeness (QED) is 0.748. The van der Waals surface area contributed by atoms with E-state index in [0.717, 1.165) is 0 Å². The van der Waals surface area contributed by atoms with Gasteiger partial charge in [0.1, 0.15) is 0 Å². The fourth-order valence-corrected chi connectivity index (χ4v) is 1.89. The molecule has 1 unspecified atom stereocenters. The van der Waals surface area contributed by atoms with Crippen LogP contribution in [0.4, 0.5) is 0 Å². The van der Waals surface area contributed by atoms with Crippen molar-refractivity contribution in [1.82, 2.24) is 5.32 Å². The second kappa shape index (κ2) is 4.60. The molecule has 3 heteroatoms. The summed E-state index contributed by atoms with van der Waals surface area (Å²) in [6.07, 6.45) is 0. The van der Waals surface area contributed by atoms with Crippen molar-refractivity contribution in [1.29, 1.82) is 0 Å². The average Bonchev–Trinajstić information content (AvgIpc) is 2.51. The predicted octanol–water partition coefficient (Wildman–Crippen LogP) is 1.75. The molecular formula is C9H16N2S. The smallest absolute Gasteiger partial charge is 0.0454 e. The van der Waals surface area contributed by atoms with Crippen LogP contribution < -0.4 is 11.1 Å². The van der Waals surface area contributed by atoms with E-state index in [9.17, 15) is 0 Å². The SMILES string of the molecule is CC(C)NC(CN)c1ccsc1. The van der Waals surface area contributed by atoms with Gasteiger partial charge in [-0.1, -0.05) is 13.8 Å². The molecule has 2 nitrogen and oxygen atoms in total. The molecule has 68 valence electrons. The molecule has 0 amide bonds. The van der Waals surface area contributed by atoms with Crippen LogP contribution >= 0.6 is 11.3 Å². The molecule has 0 fully saturated rings. The van der Waals surface area contributed by atoms with E-state index in [2.05, 4.69) is 36.0 Å². The molecule has 0 aliphatic carbocycles. The summed E-state index contributed by atoms with van der Waals surface area (Å²) in [7, 11) is 0.